The molecule has 174 valence electrons. The van der Waals surface area contributed by atoms with Gasteiger partial charge in [-0.2, -0.15) is 0 Å². The Labute approximate surface area is 195 Å². The summed E-state index contributed by atoms with van der Waals surface area (Å²) in [6.07, 6.45) is 0. The van der Waals surface area contributed by atoms with Gasteiger partial charge < -0.3 is 14.8 Å². The van der Waals surface area contributed by atoms with Crippen molar-refractivity contribution >= 4 is 21.6 Å². The number of nitrogens with zero attached hydrogens (tertiary/aromatic N) is 1. The zero-order valence-corrected chi connectivity index (χ0v) is 19.7. The van der Waals surface area contributed by atoms with Gasteiger partial charge in [0.15, 0.2) is 0 Å². The van der Waals surface area contributed by atoms with Crippen molar-refractivity contribution in [2.24, 2.45) is 0 Å². The quantitative estimate of drug-likeness (QED) is 0.483. The summed E-state index contributed by atoms with van der Waals surface area (Å²) in [5.74, 6) is 0.560. The lowest BCUT2D eigenvalue weighted by Gasteiger charge is -2.27. The Morgan fingerprint density at radius 2 is 1.55 bits per heavy atom. The van der Waals surface area contributed by atoms with Gasteiger partial charge in [0.25, 0.3) is 10.0 Å². The van der Waals surface area contributed by atoms with E-state index in [0.717, 1.165) is 9.87 Å². The smallest absolute Gasteiger partial charge is 0.264 e. The molecule has 0 aromatic heterocycles. The Kier molecular flexibility index (Phi) is 7.95. The molecule has 1 atom stereocenters. The second-order valence-corrected chi connectivity index (χ2v) is 9.12. The number of amides is 1. The number of nitrogens with one attached hydrogen (secondary N) is 1. The van der Waals surface area contributed by atoms with Crippen molar-refractivity contribution < 1.29 is 22.7 Å². The summed E-state index contributed by atoms with van der Waals surface area (Å²) in [5, 5.41) is 2.88. The summed E-state index contributed by atoms with van der Waals surface area (Å²) in [5.41, 5.74) is 1.09. The van der Waals surface area contributed by atoms with Crippen molar-refractivity contribution in [1.29, 1.82) is 0 Å². The van der Waals surface area contributed by atoms with E-state index in [0.29, 0.717) is 23.8 Å². The molecular weight excluding hydrogens is 440 g/mol. The molecule has 0 fully saturated rings. The fourth-order valence-corrected chi connectivity index (χ4v) is 4.93. The van der Waals surface area contributed by atoms with Crippen molar-refractivity contribution in [2.75, 3.05) is 24.6 Å². The Hall–Kier alpha value is -3.52. The Morgan fingerprint density at radius 3 is 2.21 bits per heavy atom. The molecule has 33 heavy (non-hydrogen) atoms. The minimum absolute atomic E-state index is 0.0851. The molecule has 0 saturated carbocycles. The largest absolute Gasteiger partial charge is 0.496 e. The zero-order chi connectivity index (χ0) is 23.8. The molecule has 3 aromatic carbocycles. The first-order valence-corrected chi connectivity index (χ1v) is 12.0. The number of hydrogen-bond donors (Lipinski definition) is 1. The molecule has 0 bridgehead atoms. The maximum atomic E-state index is 13.6. The van der Waals surface area contributed by atoms with Gasteiger partial charge in [0.05, 0.1) is 30.3 Å². The molecular formula is C25H28N2O5S. The second kappa shape index (κ2) is 10.9. The molecule has 0 saturated heterocycles. The molecule has 1 amide bonds. The SMILES string of the molecule is CCOc1ccccc1N(CC(=O)NC(C)c1ccccc1OC)S(=O)(=O)c1ccccc1. The molecule has 3 aromatic rings. The van der Waals surface area contributed by atoms with E-state index in [4.69, 9.17) is 9.47 Å². The van der Waals surface area contributed by atoms with E-state index in [1.165, 1.54) is 12.1 Å². The number of carbonyl (C=O) groups is 1. The molecule has 8 heteroatoms. The summed E-state index contributed by atoms with van der Waals surface area (Å²) in [6, 6.07) is 21.8. The molecule has 0 aliphatic heterocycles. The third kappa shape index (κ3) is 5.64. The van der Waals surface area contributed by atoms with E-state index in [1.807, 2.05) is 38.1 Å². The van der Waals surface area contributed by atoms with Crippen LogP contribution in [0.1, 0.15) is 25.5 Å². The molecule has 0 aliphatic carbocycles. The Balaban J connectivity index is 1.94. The third-order valence-corrected chi connectivity index (χ3v) is 6.81. The molecule has 7 nitrogen and oxygen atoms in total. The average molecular weight is 469 g/mol. The van der Waals surface area contributed by atoms with Crippen LogP contribution in [0.25, 0.3) is 0 Å². The highest BCUT2D eigenvalue weighted by Gasteiger charge is 2.30. The number of para-hydroxylation sites is 3. The lowest BCUT2D eigenvalue weighted by atomic mass is 10.1. The number of sulfonamides is 1. The summed E-state index contributed by atoms with van der Waals surface area (Å²) in [7, 11) is -2.47. The fourth-order valence-electron chi connectivity index (χ4n) is 3.48. The number of ether oxygens (including phenoxy) is 2. The predicted octanol–water partition coefficient (Wildman–Crippen LogP) is 4.17. The van der Waals surface area contributed by atoms with Gasteiger partial charge in [-0.3, -0.25) is 9.10 Å². The summed E-state index contributed by atoms with van der Waals surface area (Å²) in [4.78, 5) is 13.1. The van der Waals surface area contributed by atoms with Gasteiger partial charge in [0, 0.05) is 5.56 Å². The van der Waals surface area contributed by atoms with E-state index in [9.17, 15) is 13.2 Å². The minimum atomic E-state index is -4.04. The number of anilines is 1. The van der Waals surface area contributed by atoms with Crippen LogP contribution in [0.15, 0.2) is 83.8 Å². The first kappa shape index (κ1) is 24.1. The maximum absolute atomic E-state index is 13.6. The number of rotatable bonds is 10. The molecule has 0 spiro atoms. The number of benzene rings is 3. The Morgan fingerprint density at radius 1 is 0.939 bits per heavy atom. The van der Waals surface area contributed by atoms with Crippen LogP contribution >= 0.6 is 0 Å². The zero-order valence-electron chi connectivity index (χ0n) is 18.9. The highest BCUT2D eigenvalue weighted by molar-refractivity contribution is 7.92. The average Bonchev–Trinajstić information content (AvgIpc) is 2.83. The monoisotopic (exact) mass is 468 g/mol. The van der Waals surface area contributed by atoms with E-state index >= 15 is 0 Å². The predicted molar refractivity (Wildman–Crippen MR) is 128 cm³/mol. The lowest BCUT2D eigenvalue weighted by Crippen LogP contribution is -2.41. The third-order valence-electron chi connectivity index (χ3n) is 5.04. The van der Waals surface area contributed by atoms with E-state index in [-0.39, 0.29) is 4.90 Å². The van der Waals surface area contributed by atoms with E-state index < -0.39 is 28.5 Å². The number of methoxy groups -OCH3 is 1. The molecule has 3 rings (SSSR count). The fraction of sp³-hybridized carbons (Fsp3) is 0.240. The maximum Gasteiger partial charge on any atom is 0.264 e. The second-order valence-electron chi connectivity index (χ2n) is 7.26. The topological polar surface area (TPSA) is 84.9 Å². The summed E-state index contributed by atoms with van der Waals surface area (Å²) < 4.78 is 39.2. The van der Waals surface area contributed by atoms with Crippen molar-refractivity contribution in [3.8, 4) is 11.5 Å². The van der Waals surface area contributed by atoms with Crippen LogP contribution in [0, 0.1) is 0 Å². The molecule has 1 N–H and O–H groups in total. The van der Waals surface area contributed by atoms with Crippen molar-refractivity contribution in [1.82, 2.24) is 5.32 Å². The van der Waals surface area contributed by atoms with Crippen LogP contribution in [-0.4, -0.2) is 34.6 Å². The van der Waals surface area contributed by atoms with Gasteiger partial charge in [-0.05, 0) is 44.2 Å². The van der Waals surface area contributed by atoms with Gasteiger partial charge in [0.1, 0.15) is 18.0 Å². The molecule has 1 unspecified atom stereocenters. The van der Waals surface area contributed by atoms with Gasteiger partial charge in [-0.25, -0.2) is 8.42 Å². The molecule has 0 heterocycles. The molecule has 0 aliphatic rings. The minimum Gasteiger partial charge on any atom is -0.496 e. The van der Waals surface area contributed by atoms with Crippen molar-refractivity contribution in [3.63, 3.8) is 0 Å². The van der Waals surface area contributed by atoms with E-state index in [2.05, 4.69) is 5.32 Å². The van der Waals surface area contributed by atoms with Crippen LogP contribution in [0.3, 0.4) is 0 Å². The van der Waals surface area contributed by atoms with Crippen LogP contribution in [0.4, 0.5) is 5.69 Å². The highest BCUT2D eigenvalue weighted by Crippen LogP contribution is 2.32. The van der Waals surface area contributed by atoms with Crippen LogP contribution in [0.2, 0.25) is 0 Å². The van der Waals surface area contributed by atoms with Crippen molar-refractivity contribution in [2.45, 2.75) is 24.8 Å². The summed E-state index contributed by atoms with van der Waals surface area (Å²) >= 11 is 0. The van der Waals surface area contributed by atoms with Gasteiger partial charge >= 0.3 is 0 Å². The normalized spacial score (nSPS) is 12.0. The van der Waals surface area contributed by atoms with Crippen LogP contribution < -0.4 is 19.1 Å². The lowest BCUT2D eigenvalue weighted by molar-refractivity contribution is -0.120. The summed E-state index contributed by atoms with van der Waals surface area (Å²) in [6.45, 7) is 3.57. The Bertz CT molecular complexity index is 1180. The first-order chi connectivity index (χ1) is 15.9. The van der Waals surface area contributed by atoms with Crippen LogP contribution in [-0.2, 0) is 14.8 Å². The van der Waals surface area contributed by atoms with Gasteiger partial charge in [0.2, 0.25) is 5.91 Å². The standard InChI is InChI=1S/C25H28N2O5S/c1-4-32-24-17-11-9-15-22(24)27(33(29,30)20-12-6-5-7-13-20)18-25(28)26-19(2)21-14-8-10-16-23(21)31-3/h5-17,19H,4,18H2,1-3H3,(H,26,28). The number of hydrogen-bond acceptors (Lipinski definition) is 5. The van der Waals surface area contributed by atoms with Gasteiger partial charge in [-0.15, -0.1) is 0 Å². The van der Waals surface area contributed by atoms with E-state index in [1.54, 1.807) is 49.6 Å². The highest BCUT2D eigenvalue weighted by atomic mass is 32.2. The van der Waals surface area contributed by atoms with Gasteiger partial charge in [-0.1, -0.05) is 48.5 Å². The van der Waals surface area contributed by atoms with Crippen molar-refractivity contribution in [3.05, 3.63) is 84.4 Å². The number of carbonyl (C=O) groups excluding carboxylic acids is 1. The molecule has 0 radical (unpaired) electrons. The van der Waals surface area contributed by atoms with Crippen LogP contribution in [0.5, 0.6) is 11.5 Å². The first-order valence-electron chi connectivity index (χ1n) is 10.6.